The fourth-order valence-corrected chi connectivity index (χ4v) is 1.14. The number of hydrogen-bond acceptors (Lipinski definition) is 2. The van der Waals surface area contributed by atoms with Gasteiger partial charge in [-0.05, 0) is 25.5 Å². The minimum Gasteiger partial charge on any atom is -0.310 e. The zero-order valence-corrected chi connectivity index (χ0v) is 7.92. The smallest absolute Gasteiger partial charge is 0.143 e. The summed E-state index contributed by atoms with van der Waals surface area (Å²) >= 11 is 0. The largest absolute Gasteiger partial charge is 0.310 e. The third-order valence-corrected chi connectivity index (χ3v) is 1.81. The molecule has 0 aliphatic carbocycles. The van der Waals surface area contributed by atoms with Crippen molar-refractivity contribution in [2.75, 3.05) is 13.1 Å². The molecule has 0 heterocycles. The second-order valence-corrected chi connectivity index (χ2v) is 3.11. The molecule has 0 aliphatic rings. The Labute approximate surface area is 79.0 Å². The second-order valence-electron chi connectivity index (χ2n) is 3.11. The van der Waals surface area contributed by atoms with Gasteiger partial charge in [0.25, 0.3) is 0 Å². The summed E-state index contributed by atoms with van der Waals surface area (Å²) in [6.07, 6.45) is 0.980. The van der Waals surface area contributed by atoms with Crippen molar-refractivity contribution in [2.45, 2.75) is 13.3 Å². The maximum absolute atomic E-state index is 10.6. The van der Waals surface area contributed by atoms with Gasteiger partial charge in [-0.15, -0.1) is 0 Å². The van der Waals surface area contributed by atoms with E-state index in [1.165, 1.54) is 5.56 Å². The van der Waals surface area contributed by atoms with Crippen LogP contribution in [-0.2, 0) is 11.2 Å². The fourth-order valence-electron chi connectivity index (χ4n) is 1.14. The van der Waals surface area contributed by atoms with Crippen LogP contribution in [0, 0.1) is 0 Å². The number of hydrogen-bond donors (Lipinski definition) is 1. The number of nitrogens with one attached hydrogen (secondary N) is 1. The minimum absolute atomic E-state index is 0.188. The van der Waals surface area contributed by atoms with Gasteiger partial charge < -0.3 is 5.32 Å². The monoisotopic (exact) mass is 177 g/mol. The summed E-state index contributed by atoms with van der Waals surface area (Å²) < 4.78 is 0. The van der Waals surface area contributed by atoms with Gasteiger partial charge in [-0.2, -0.15) is 0 Å². The third-order valence-electron chi connectivity index (χ3n) is 1.81. The summed E-state index contributed by atoms with van der Waals surface area (Å²) in [6.45, 7) is 2.94. The first-order valence-electron chi connectivity index (χ1n) is 4.53. The zero-order chi connectivity index (χ0) is 9.52. The van der Waals surface area contributed by atoms with Gasteiger partial charge in [-0.1, -0.05) is 30.3 Å². The summed E-state index contributed by atoms with van der Waals surface area (Å²) in [4.78, 5) is 10.6. The fraction of sp³-hybridized carbons (Fsp3) is 0.364. The summed E-state index contributed by atoms with van der Waals surface area (Å²) in [5, 5.41) is 3.08. The van der Waals surface area contributed by atoms with Gasteiger partial charge in [-0.3, -0.25) is 4.79 Å². The van der Waals surface area contributed by atoms with Crippen LogP contribution in [0.4, 0.5) is 0 Å². The Balaban J connectivity index is 2.17. The van der Waals surface area contributed by atoms with E-state index in [9.17, 15) is 4.79 Å². The molecule has 0 saturated heterocycles. The van der Waals surface area contributed by atoms with Gasteiger partial charge in [0.15, 0.2) is 0 Å². The molecule has 13 heavy (non-hydrogen) atoms. The molecule has 0 amide bonds. The number of benzene rings is 1. The lowest BCUT2D eigenvalue weighted by Gasteiger charge is -2.01. The highest BCUT2D eigenvalue weighted by Gasteiger charge is 1.93. The molecule has 0 fully saturated rings. The average Bonchev–Trinajstić information content (AvgIpc) is 2.14. The lowest BCUT2D eigenvalue weighted by atomic mass is 10.1. The standard InChI is InChI=1S/C11H15NO/c1-10(13)9-12-8-7-11-5-3-2-4-6-11/h2-6,12H,7-9H2,1H3. The maximum atomic E-state index is 10.6. The van der Waals surface area contributed by atoms with Crippen LogP contribution in [0.2, 0.25) is 0 Å². The normalized spacial score (nSPS) is 9.92. The van der Waals surface area contributed by atoms with Gasteiger partial charge in [0.05, 0.1) is 6.54 Å². The molecule has 1 aromatic rings. The molecule has 0 aromatic heterocycles. The van der Waals surface area contributed by atoms with E-state index in [0.717, 1.165) is 13.0 Å². The predicted molar refractivity (Wildman–Crippen MR) is 53.7 cm³/mol. The molecule has 0 unspecified atom stereocenters. The lowest BCUT2D eigenvalue weighted by Crippen LogP contribution is -2.23. The molecule has 70 valence electrons. The van der Waals surface area contributed by atoms with Crippen molar-refractivity contribution in [3.05, 3.63) is 35.9 Å². The molecule has 0 aliphatic heterocycles. The predicted octanol–water partition coefficient (Wildman–Crippen LogP) is 1.41. The molecule has 2 nitrogen and oxygen atoms in total. The summed E-state index contributed by atoms with van der Waals surface area (Å²) in [5.74, 6) is 0.188. The van der Waals surface area contributed by atoms with Crippen LogP contribution in [0.15, 0.2) is 30.3 Å². The summed E-state index contributed by atoms with van der Waals surface area (Å²) in [6, 6.07) is 10.2. The Morgan fingerprint density at radius 3 is 2.62 bits per heavy atom. The molecular formula is C11H15NO. The second kappa shape index (κ2) is 5.49. The molecule has 0 bridgehead atoms. The lowest BCUT2D eigenvalue weighted by molar-refractivity contribution is -0.116. The quantitative estimate of drug-likeness (QED) is 0.689. The maximum Gasteiger partial charge on any atom is 0.143 e. The van der Waals surface area contributed by atoms with E-state index < -0.39 is 0 Å². The van der Waals surface area contributed by atoms with Crippen LogP contribution < -0.4 is 5.32 Å². The van der Waals surface area contributed by atoms with Gasteiger partial charge in [-0.25, -0.2) is 0 Å². The molecule has 0 saturated carbocycles. The van der Waals surface area contributed by atoms with Gasteiger partial charge in [0.1, 0.15) is 5.78 Å². The molecule has 0 atom stereocenters. The Morgan fingerprint density at radius 1 is 1.31 bits per heavy atom. The van der Waals surface area contributed by atoms with Crippen molar-refractivity contribution in [3.63, 3.8) is 0 Å². The number of carbonyl (C=O) groups excluding carboxylic acids is 1. The van der Waals surface area contributed by atoms with E-state index in [1.54, 1.807) is 6.92 Å². The van der Waals surface area contributed by atoms with Crippen molar-refractivity contribution in [1.29, 1.82) is 0 Å². The topological polar surface area (TPSA) is 29.1 Å². The van der Waals surface area contributed by atoms with E-state index in [2.05, 4.69) is 17.4 Å². The Hall–Kier alpha value is -1.15. The first kappa shape index (κ1) is 9.93. The van der Waals surface area contributed by atoms with Crippen molar-refractivity contribution in [3.8, 4) is 0 Å². The highest BCUT2D eigenvalue weighted by molar-refractivity contribution is 5.77. The van der Waals surface area contributed by atoms with Crippen LogP contribution in [0.5, 0.6) is 0 Å². The van der Waals surface area contributed by atoms with Gasteiger partial charge in [0.2, 0.25) is 0 Å². The molecule has 0 radical (unpaired) electrons. The number of ketones is 1. The van der Waals surface area contributed by atoms with Crippen molar-refractivity contribution >= 4 is 5.78 Å². The number of rotatable bonds is 5. The Bertz CT molecular complexity index is 256. The van der Waals surface area contributed by atoms with E-state index in [1.807, 2.05) is 18.2 Å². The van der Waals surface area contributed by atoms with Crippen molar-refractivity contribution in [1.82, 2.24) is 5.32 Å². The van der Waals surface area contributed by atoms with Crippen molar-refractivity contribution in [2.24, 2.45) is 0 Å². The van der Waals surface area contributed by atoms with Crippen LogP contribution in [0.1, 0.15) is 12.5 Å². The van der Waals surface area contributed by atoms with Crippen LogP contribution in [-0.4, -0.2) is 18.9 Å². The molecule has 0 spiro atoms. The van der Waals surface area contributed by atoms with Gasteiger partial charge in [0, 0.05) is 0 Å². The highest BCUT2D eigenvalue weighted by atomic mass is 16.1. The van der Waals surface area contributed by atoms with E-state index in [4.69, 9.17) is 0 Å². The zero-order valence-electron chi connectivity index (χ0n) is 7.92. The molecule has 2 heteroatoms. The average molecular weight is 177 g/mol. The van der Waals surface area contributed by atoms with Crippen molar-refractivity contribution < 1.29 is 4.79 Å². The SMILES string of the molecule is CC(=O)CNCCc1ccccc1. The van der Waals surface area contributed by atoms with E-state index in [-0.39, 0.29) is 5.78 Å². The van der Waals surface area contributed by atoms with Crippen LogP contribution >= 0.6 is 0 Å². The Kier molecular flexibility index (Phi) is 4.19. The number of carbonyl (C=O) groups is 1. The summed E-state index contributed by atoms with van der Waals surface area (Å²) in [5.41, 5.74) is 1.30. The molecular weight excluding hydrogens is 162 g/mol. The molecule has 1 rings (SSSR count). The van der Waals surface area contributed by atoms with E-state index in [0.29, 0.717) is 6.54 Å². The highest BCUT2D eigenvalue weighted by Crippen LogP contribution is 1.97. The van der Waals surface area contributed by atoms with Crippen LogP contribution in [0.25, 0.3) is 0 Å². The first-order chi connectivity index (χ1) is 6.29. The molecule has 1 N–H and O–H groups in total. The minimum atomic E-state index is 0.188. The third kappa shape index (κ3) is 4.43. The summed E-state index contributed by atoms with van der Waals surface area (Å²) in [7, 11) is 0. The number of Topliss-reactive ketones (excluding diaryl/α,β-unsaturated/α-hetero) is 1. The first-order valence-corrected chi connectivity index (χ1v) is 4.53. The van der Waals surface area contributed by atoms with E-state index >= 15 is 0 Å². The Morgan fingerprint density at radius 2 is 2.00 bits per heavy atom. The molecule has 1 aromatic carbocycles. The van der Waals surface area contributed by atoms with Gasteiger partial charge >= 0.3 is 0 Å². The van der Waals surface area contributed by atoms with Crippen LogP contribution in [0.3, 0.4) is 0 Å².